The molecule has 0 fully saturated rings. The van der Waals surface area contributed by atoms with E-state index in [1.807, 2.05) is 50.2 Å². The smallest absolute Gasteiger partial charge is 0.349 e. The van der Waals surface area contributed by atoms with Crippen LogP contribution in [0.25, 0.3) is 0 Å². The van der Waals surface area contributed by atoms with Crippen LogP contribution in [0.1, 0.15) is 35.1 Å². The molecule has 0 bridgehead atoms. The van der Waals surface area contributed by atoms with Gasteiger partial charge in [-0.25, -0.2) is 4.79 Å². The molecule has 4 aromatic rings. The van der Waals surface area contributed by atoms with Crippen molar-refractivity contribution in [2.45, 2.75) is 26.4 Å². The second-order valence-corrected chi connectivity index (χ2v) is 10.2. The predicted molar refractivity (Wildman–Crippen MR) is 161 cm³/mol. The molecule has 0 radical (unpaired) electrons. The van der Waals surface area contributed by atoms with Crippen molar-refractivity contribution in [2.24, 2.45) is 5.73 Å². The Bertz CT molecular complexity index is 1690. The van der Waals surface area contributed by atoms with E-state index in [1.54, 1.807) is 48.5 Å². The fraction of sp³-hybridized carbons (Fsp3) is 0.176. The summed E-state index contributed by atoms with van der Waals surface area (Å²) in [5.41, 5.74) is 9.92. The van der Waals surface area contributed by atoms with Crippen molar-refractivity contribution < 1.29 is 28.5 Å². The van der Waals surface area contributed by atoms with Crippen LogP contribution in [-0.4, -0.2) is 19.2 Å². The number of allylic oxidation sites excluding steroid dienone is 1. The Labute approximate surface area is 254 Å². The highest BCUT2D eigenvalue weighted by Gasteiger charge is 2.32. The van der Waals surface area contributed by atoms with Gasteiger partial charge in [-0.05, 0) is 67.4 Å². The number of ether oxygens (including phenoxy) is 5. The summed E-state index contributed by atoms with van der Waals surface area (Å²) in [7, 11) is 0. The zero-order valence-corrected chi connectivity index (χ0v) is 24.4. The van der Waals surface area contributed by atoms with Crippen LogP contribution in [0.2, 0.25) is 5.02 Å². The second-order valence-electron chi connectivity index (χ2n) is 9.75. The Morgan fingerprint density at radius 3 is 2.40 bits per heavy atom. The average molecular weight is 597 g/mol. The summed E-state index contributed by atoms with van der Waals surface area (Å²) in [6.07, 6.45) is 0. The van der Waals surface area contributed by atoms with Crippen LogP contribution in [0.4, 0.5) is 0 Å². The molecule has 0 aromatic heterocycles. The molecule has 0 saturated carbocycles. The minimum Gasteiger partial charge on any atom is -0.490 e. The number of nitriles is 1. The van der Waals surface area contributed by atoms with Gasteiger partial charge < -0.3 is 29.4 Å². The molecule has 2 N–H and O–H groups in total. The minimum absolute atomic E-state index is 0.0350. The summed E-state index contributed by atoms with van der Waals surface area (Å²) in [6, 6.07) is 27.4. The van der Waals surface area contributed by atoms with E-state index >= 15 is 0 Å². The van der Waals surface area contributed by atoms with Crippen molar-refractivity contribution in [1.29, 1.82) is 5.26 Å². The Morgan fingerprint density at radius 2 is 1.67 bits per heavy atom. The summed E-state index contributed by atoms with van der Waals surface area (Å²) in [6.45, 7) is 4.32. The molecule has 1 unspecified atom stereocenters. The highest BCUT2D eigenvalue weighted by Crippen LogP contribution is 2.45. The van der Waals surface area contributed by atoms with Crippen molar-refractivity contribution in [1.82, 2.24) is 0 Å². The fourth-order valence-electron chi connectivity index (χ4n) is 4.61. The third-order valence-electron chi connectivity index (χ3n) is 6.71. The third kappa shape index (κ3) is 7.03. The molecule has 9 heteroatoms. The Kier molecular flexibility index (Phi) is 9.04. The van der Waals surface area contributed by atoms with Crippen LogP contribution in [0.15, 0.2) is 96.4 Å². The lowest BCUT2D eigenvalue weighted by atomic mass is 9.83. The van der Waals surface area contributed by atoms with Gasteiger partial charge in [0.15, 0.2) is 18.1 Å². The van der Waals surface area contributed by atoms with Crippen molar-refractivity contribution in [3.8, 4) is 34.8 Å². The van der Waals surface area contributed by atoms with Crippen LogP contribution in [0.3, 0.4) is 0 Å². The quantitative estimate of drug-likeness (QED) is 0.157. The highest BCUT2D eigenvalue weighted by atomic mass is 35.5. The molecule has 0 aliphatic carbocycles. The van der Waals surface area contributed by atoms with Gasteiger partial charge in [-0.2, -0.15) is 5.26 Å². The first-order chi connectivity index (χ1) is 20.8. The van der Waals surface area contributed by atoms with Crippen LogP contribution in [0.5, 0.6) is 28.7 Å². The van der Waals surface area contributed by atoms with Crippen molar-refractivity contribution >= 4 is 17.6 Å². The lowest BCUT2D eigenvalue weighted by Gasteiger charge is -2.27. The Morgan fingerprint density at radius 1 is 0.930 bits per heavy atom. The van der Waals surface area contributed by atoms with Gasteiger partial charge in [0.2, 0.25) is 5.88 Å². The largest absolute Gasteiger partial charge is 0.490 e. The molecule has 43 heavy (non-hydrogen) atoms. The Hall–Kier alpha value is -5.13. The van der Waals surface area contributed by atoms with E-state index in [4.69, 9.17) is 41.0 Å². The monoisotopic (exact) mass is 596 g/mol. The number of halogens is 1. The predicted octanol–water partition coefficient (Wildman–Crippen LogP) is 6.83. The molecule has 8 nitrogen and oxygen atoms in total. The van der Waals surface area contributed by atoms with E-state index in [-0.39, 0.29) is 23.8 Å². The van der Waals surface area contributed by atoms with Crippen LogP contribution in [0, 0.1) is 18.3 Å². The number of carbonyl (C=O) groups is 1. The van der Waals surface area contributed by atoms with Crippen molar-refractivity contribution in [3.63, 3.8) is 0 Å². The molecule has 0 saturated heterocycles. The molecular weight excluding hydrogens is 568 g/mol. The van der Waals surface area contributed by atoms with E-state index < -0.39 is 11.9 Å². The fourth-order valence-corrected chi connectivity index (χ4v) is 4.74. The topological polar surface area (TPSA) is 113 Å². The standard InChI is InChI=1S/C34H29ClN2O6/c1-3-39-31-16-23(8-15-29(31)41-19-22-6-9-24(35)10-7-22)33-27-14-13-26(17-30(27)43-34(37)28(33)18-36)42-32(38)20-40-25-11-4-21(2)5-12-25/h4-17,33H,3,19-20,37H2,1-2H3. The molecule has 1 aliphatic heterocycles. The van der Waals surface area contributed by atoms with Crippen LogP contribution < -0.4 is 29.4 Å². The lowest BCUT2D eigenvalue weighted by Crippen LogP contribution is -2.22. The second kappa shape index (κ2) is 13.2. The number of fused-ring (bicyclic) bond motifs is 1. The molecular formula is C34H29ClN2O6. The number of hydrogen-bond acceptors (Lipinski definition) is 8. The summed E-state index contributed by atoms with van der Waals surface area (Å²) >= 11 is 5.99. The van der Waals surface area contributed by atoms with Gasteiger partial charge in [0.1, 0.15) is 35.5 Å². The average Bonchev–Trinajstić information content (AvgIpc) is 3.00. The van der Waals surface area contributed by atoms with Gasteiger partial charge in [-0.3, -0.25) is 0 Å². The van der Waals surface area contributed by atoms with Crippen LogP contribution >= 0.6 is 11.6 Å². The summed E-state index contributed by atoms with van der Waals surface area (Å²) < 4.78 is 28.8. The third-order valence-corrected chi connectivity index (χ3v) is 6.96. The number of aryl methyl sites for hydroxylation is 1. The maximum atomic E-state index is 12.5. The number of rotatable bonds is 10. The first kappa shape index (κ1) is 29.4. The number of nitrogens with two attached hydrogens (primary N) is 1. The maximum Gasteiger partial charge on any atom is 0.349 e. The molecule has 1 heterocycles. The summed E-state index contributed by atoms with van der Waals surface area (Å²) in [5, 5.41) is 10.7. The normalized spacial score (nSPS) is 13.8. The van der Waals surface area contributed by atoms with E-state index in [1.165, 1.54) is 0 Å². The summed E-state index contributed by atoms with van der Waals surface area (Å²) in [5.74, 6) is 1.10. The van der Waals surface area contributed by atoms with Gasteiger partial charge in [-0.1, -0.05) is 53.6 Å². The number of esters is 1. The molecule has 5 rings (SSSR count). The number of benzene rings is 4. The van der Waals surface area contributed by atoms with E-state index in [9.17, 15) is 10.1 Å². The zero-order chi connectivity index (χ0) is 30.3. The zero-order valence-electron chi connectivity index (χ0n) is 23.6. The molecule has 4 aromatic carbocycles. The van der Waals surface area contributed by atoms with E-state index in [0.717, 1.165) is 16.7 Å². The van der Waals surface area contributed by atoms with Gasteiger partial charge >= 0.3 is 5.97 Å². The van der Waals surface area contributed by atoms with Gasteiger partial charge in [0, 0.05) is 16.7 Å². The van der Waals surface area contributed by atoms with Crippen molar-refractivity contribution in [2.75, 3.05) is 13.2 Å². The first-order valence-corrected chi connectivity index (χ1v) is 14.0. The number of nitrogens with zero attached hydrogens (tertiary/aromatic N) is 1. The van der Waals surface area contributed by atoms with Gasteiger partial charge in [0.25, 0.3) is 0 Å². The van der Waals surface area contributed by atoms with E-state index in [0.29, 0.717) is 46.8 Å². The summed E-state index contributed by atoms with van der Waals surface area (Å²) in [4.78, 5) is 12.5. The Balaban J connectivity index is 1.36. The maximum absolute atomic E-state index is 12.5. The molecule has 1 atom stereocenters. The highest BCUT2D eigenvalue weighted by molar-refractivity contribution is 6.30. The molecule has 0 amide bonds. The van der Waals surface area contributed by atoms with E-state index in [2.05, 4.69) is 6.07 Å². The van der Waals surface area contributed by atoms with Crippen molar-refractivity contribution in [3.05, 3.63) is 124 Å². The van der Waals surface area contributed by atoms with Crippen LogP contribution in [-0.2, 0) is 11.4 Å². The van der Waals surface area contributed by atoms with Gasteiger partial charge in [-0.15, -0.1) is 0 Å². The first-order valence-electron chi connectivity index (χ1n) is 13.6. The molecule has 1 aliphatic rings. The number of carbonyl (C=O) groups excluding carboxylic acids is 1. The lowest BCUT2D eigenvalue weighted by molar-refractivity contribution is -0.136. The van der Waals surface area contributed by atoms with Gasteiger partial charge in [0.05, 0.1) is 12.5 Å². The molecule has 0 spiro atoms. The SMILES string of the molecule is CCOc1cc(C2C(C#N)=C(N)Oc3cc(OC(=O)COc4ccc(C)cc4)ccc32)ccc1OCc1ccc(Cl)cc1. The number of hydrogen-bond donors (Lipinski definition) is 1. The molecule has 218 valence electrons. The minimum atomic E-state index is -0.579.